The van der Waals surface area contributed by atoms with E-state index >= 15 is 8.90 Å². The zero-order valence-electron chi connectivity index (χ0n) is 35.6. The van der Waals surface area contributed by atoms with Crippen LogP contribution in [-0.4, -0.2) is 66.6 Å². The minimum Gasteiger partial charge on any atom is -0.497 e. The summed E-state index contributed by atoms with van der Waals surface area (Å²) in [6.45, 7) is 5.63. The Hall–Kier alpha value is -6.68. The van der Waals surface area contributed by atoms with Crippen LogP contribution in [0.25, 0.3) is 0 Å². The normalized spacial score (nSPS) is 19.8. The molecule has 0 radical (unpaired) electrons. The summed E-state index contributed by atoms with van der Waals surface area (Å²) in [5, 5.41) is 25.3. The average Bonchev–Trinajstić information content (AvgIpc) is 3.96. The van der Waals surface area contributed by atoms with Crippen LogP contribution in [0.3, 0.4) is 0 Å². The number of methoxy groups -OCH3 is 2. The SMILES string of the molecule is COc1ccc(C(=O)Nc2ccc(CN3C(=O)[C@@]4(O[C@@H](CCn5cc([C@H](O)c6ccccc6)nn5)[C@H]([Si](C)(C)F)[C@H]4C)c4cc(NC(=O)c5ccc(OC)cc5)ccc43)cc2)cc1. The number of nitrogens with one attached hydrogen (secondary N) is 2. The molecular formula is C48H49FN6O7Si. The Morgan fingerprint density at radius 3 is 2.03 bits per heavy atom. The molecule has 0 bridgehead atoms. The average molecular weight is 869 g/mol. The number of aryl methyl sites for hydroxylation is 1. The topological polar surface area (TPSA) is 157 Å². The van der Waals surface area contributed by atoms with E-state index in [9.17, 15) is 14.7 Å². The van der Waals surface area contributed by atoms with Crippen LogP contribution in [0.1, 0.15) is 62.5 Å². The standard InChI is InChI=1S/C48H49FN6O7Si/c1-30-44(63(4,5)49)42(25-26-54-29-40(52-53-54)43(56)32-9-7-6-8-10-32)62-48(30)39-27-36(51-46(58)34-15-22-38(61-3)23-16-34)19-24-41(39)55(47(48)59)28-31-11-17-35(18-12-31)50-45(57)33-13-20-37(60-2)21-14-33/h6-24,27,29-30,42-44,56H,25-26,28H2,1-5H3,(H,50,57)(H,51,58)/t30-,42+,43-,44-,48+/m1/s1. The molecule has 1 fully saturated rings. The maximum Gasteiger partial charge on any atom is 0.264 e. The van der Waals surface area contributed by atoms with E-state index in [1.165, 1.54) is 0 Å². The first-order valence-corrected chi connectivity index (χ1v) is 23.7. The maximum atomic E-state index is 16.7. The highest BCUT2D eigenvalue weighted by atomic mass is 28.4. The highest BCUT2D eigenvalue weighted by Crippen LogP contribution is 2.60. The van der Waals surface area contributed by atoms with E-state index in [0.717, 1.165) is 5.56 Å². The van der Waals surface area contributed by atoms with Crippen LogP contribution in [0.15, 0.2) is 128 Å². The molecule has 324 valence electrons. The van der Waals surface area contributed by atoms with Gasteiger partial charge in [-0.25, -0.2) is 0 Å². The Balaban J connectivity index is 1.08. The number of hydrogen-bond acceptors (Lipinski definition) is 9. The van der Waals surface area contributed by atoms with Crippen molar-refractivity contribution in [2.45, 2.75) is 62.9 Å². The molecule has 6 aromatic rings. The predicted octanol–water partition coefficient (Wildman–Crippen LogP) is 8.29. The molecule has 3 heterocycles. The molecule has 1 aromatic heterocycles. The van der Waals surface area contributed by atoms with Gasteiger partial charge in [-0.3, -0.25) is 19.1 Å². The molecule has 3 amide bonds. The molecule has 0 saturated carbocycles. The lowest BCUT2D eigenvalue weighted by molar-refractivity contribution is -0.146. The Bertz CT molecular complexity index is 2600. The van der Waals surface area contributed by atoms with Crippen molar-refractivity contribution in [2.75, 3.05) is 29.8 Å². The number of aromatic nitrogens is 3. The molecule has 5 atom stereocenters. The van der Waals surface area contributed by atoms with Gasteiger partial charge in [-0.05, 0) is 110 Å². The van der Waals surface area contributed by atoms with E-state index in [4.69, 9.17) is 14.2 Å². The zero-order chi connectivity index (χ0) is 44.5. The van der Waals surface area contributed by atoms with Gasteiger partial charge in [-0.15, -0.1) is 5.10 Å². The number of hydrogen-bond donors (Lipinski definition) is 3. The molecule has 0 unspecified atom stereocenters. The van der Waals surface area contributed by atoms with Gasteiger partial charge in [0.25, 0.3) is 17.7 Å². The van der Waals surface area contributed by atoms with Gasteiger partial charge in [0.05, 0.1) is 38.8 Å². The lowest BCUT2D eigenvalue weighted by atomic mass is 9.82. The summed E-state index contributed by atoms with van der Waals surface area (Å²) >= 11 is 0. The largest absolute Gasteiger partial charge is 0.497 e. The summed E-state index contributed by atoms with van der Waals surface area (Å²) in [4.78, 5) is 43.3. The second-order valence-corrected chi connectivity index (χ2v) is 20.3. The van der Waals surface area contributed by atoms with E-state index < -0.39 is 37.7 Å². The number of ether oxygens (including phenoxy) is 3. The van der Waals surface area contributed by atoms with Gasteiger partial charge in [0.1, 0.15) is 23.3 Å². The monoisotopic (exact) mass is 868 g/mol. The van der Waals surface area contributed by atoms with E-state index in [2.05, 4.69) is 20.9 Å². The Kier molecular flexibility index (Phi) is 12.0. The summed E-state index contributed by atoms with van der Waals surface area (Å²) in [6, 6.07) is 35.2. The van der Waals surface area contributed by atoms with Crippen LogP contribution in [-0.2, 0) is 28.2 Å². The van der Waals surface area contributed by atoms with Crippen molar-refractivity contribution < 1.29 is 37.8 Å². The minimum absolute atomic E-state index is 0.158. The third-order valence-electron chi connectivity index (χ3n) is 12.1. The highest BCUT2D eigenvalue weighted by Gasteiger charge is 2.66. The predicted molar refractivity (Wildman–Crippen MR) is 239 cm³/mol. The van der Waals surface area contributed by atoms with Crippen molar-refractivity contribution in [3.63, 3.8) is 0 Å². The Morgan fingerprint density at radius 2 is 1.44 bits per heavy atom. The smallest absolute Gasteiger partial charge is 0.264 e. The van der Waals surface area contributed by atoms with Crippen molar-refractivity contribution in [2.24, 2.45) is 5.92 Å². The second-order valence-electron chi connectivity index (χ2n) is 16.5. The number of halogens is 1. The van der Waals surface area contributed by atoms with Crippen molar-refractivity contribution in [3.05, 3.63) is 161 Å². The fourth-order valence-electron chi connectivity index (χ4n) is 8.93. The number of amides is 3. The molecule has 1 spiro atoms. The first-order valence-electron chi connectivity index (χ1n) is 20.7. The number of rotatable bonds is 14. The minimum atomic E-state index is -3.53. The molecule has 2 aliphatic heterocycles. The van der Waals surface area contributed by atoms with E-state index in [1.54, 1.807) is 122 Å². The van der Waals surface area contributed by atoms with Gasteiger partial charge in [0, 0.05) is 46.1 Å². The summed E-state index contributed by atoms with van der Waals surface area (Å²) in [5.41, 5.74) is 2.68. The maximum absolute atomic E-state index is 16.7. The van der Waals surface area contributed by atoms with Crippen LogP contribution >= 0.6 is 0 Å². The fourth-order valence-corrected chi connectivity index (χ4v) is 11.5. The summed E-state index contributed by atoms with van der Waals surface area (Å²) in [5.74, 6) is -0.311. The number of carbonyl (C=O) groups is 3. The quantitative estimate of drug-likeness (QED) is 0.0724. The van der Waals surface area contributed by atoms with Crippen LogP contribution in [0.2, 0.25) is 18.6 Å². The third kappa shape index (κ3) is 8.59. The first-order chi connectivity index (χ1) is 30.3. The van der Waals surface area contributed by atoms with Gasteiger partial charge in [-0.2, -0.15) is 0 Å². The van der Waals surface area contributed by atoms with Gasteiger partial charge < -0.3 is 39.0 Å². The number of benzene rings is 5. The number of aliphatic hydroxyl groups excluding tert-OH is 1. The van der Waals surface area contributed by atoms with Gasteiger partial charge in [0.15, 0.2) is 5.60 Å². The number of nitrogens with zero attached hydrogens (tertiary/aromatic N) is 4. The molecular weight excluding hydrogens is 820 g/mol. The van der Waals surface area contributed by atoms with Crippen LogP contribution in [0, 0.1) is 5.92 Å². The van der Waals surface area contributed by atoms with Crippen LogP contribution in [0.5, 0.6) is 11.5 Å². The van der Waals surface area contributed by atoms with Gasteiger partial charge >= 0.3 is 0 Å². The number of aliphatic hydroxyl groups is 1. The van der Waals surface area contributed by atoms with Gasteiger partial charge in [-0.1, -0.05) is 54.6 Å². The lowest BCUT2D eigenvalue weighted by Crippen LogP contribution is -2.45. The molecule has 13 nitrogen and oxygen atoms in total. The Labute approximate surface area is 366 Å². The van der Waals surface area contributed by atoms with E-state index in [1.807, 2.05) is 49.4 Å². The molecule has 15 heteroatoms. The zero-order valence-corrected chi connectivity index (χ0v) is 36.6. The number of carbonyl (C=O) groups excluding carboxylic acids is 3. The highest BCUT2D eigenvalue weighted by molar-refractivity contribution is 6.72. The van der Waals surface area contributed by atoms with Crippen LogP contribution in [0.4, 0.5) is 21.2 Å². The summed E-state index contributed by atoms with van der Waals surface area (Å²) in [6.07, 6.45) is 0.343. The molecule has 2 aliphatic rings. The van der Waals surface area contributed by atoms with Crippen molar-refractivity contribution >= 4 is 43.2 Å². The summed E-state index contributed by atoms with van der Waals surface area (Å²) < 4.78 is 35.8. The molecule has 5 aromatic carbocycles. The van der Waals surface area contributed by atoms with Crippen molar-refractivity contribution in [1.82, 2.24) is 15.0 Å². The van der Waals surface area contributed by atoms with E-state index in [0.29, 0.717) is 69.5 Å². The third-order valence-corrected chi connectivity index (χ3v) is 14.5. The molecule has 3 N–H and O–H groups in total. The lowest BCUT2D eigenvalue weighted by Gasteiger charge is -2.31. The van der Waals surface area contributed by atoms with Crippen LogP contribution < -0.4 is 25.0 Å². The van der Waals surface area contributed by atoms with E-state index in [-0.39, 0.29) is 24.3 Å². The molecule has 1 saturated heterocycles. The van der Waals surface area contributed by atoms with Gasteiger partial charge in [0.2, 0.25) is 8.41 Å². The number of anilines is 3. The molecule has 63 heavy (non-hydrogen) atoms. The van der Waals surface area contributed by atoms with Crippen molar-refractivity contribution in [3.8, 4) is 11.5 Å². The second kappa shape index (κ2) is 17.6. The fraction of sp³-hybridized carbons (Fsp3) is 0.271. The number of fused-ring (bicyclic) bond motifs is 2. The molecule has 8 rings (SSSR count). The Morgan fingerprint density at radius 1 is 0.857 bits per heavy atom. The molecule has 0 aliphatic carbocycles. The van der Waals surface area contributed by atoms with Crippen molar-refractivity contribution in [1.29, 1.82) is 0 Å². The first kappa shape index (κ1) is 43.0. The summed E-state index contributed by atoms with van der Waals surface area (Å²) in [7, 11) is -0.415.